The minimum atomic E-state index is -0.411. The topological polar surface area (TPSA) is 62.5 Å². The first-order valence-corrected chi connectivity index (χ1v) is 8.08. The molecule has 0 saturated heterocycles. The van der Waals surface area contributed by atoms with Crippen molar-refractivity contribution in [2.24, 2.45) is 5.92 Å². The van der Waals surface area contributed by atoms with Crippen LogP contribution in [0.4, 0.5) is 0 Å². The third kappa shape index (κ3) is 3.49. The molecule has 0 unspecified atom stereocenters. The standard InChI is InChI=1S/C20H21NO3/c1-13(2)20(14-6-4-3-5-7-14)21-12-15-10-19(23)24-18-11-16(22)8-9-17(15)18/h3-11,13,20-22H,12H2,1-2H3/t20-/m1/s1. The lowest BCUT2D eigenvalue weighted by atomic mass is 9.95. The Morgan fingerprint density at radius 1 is 1.08 bits per heavy atom. The first-order chi connectivity index (χ1) is 11.5. The molecule has 0 amide bonds. The zero-order valence-corrected chi connectivity index (χ0v) is 13.8. The highest BCUT2D eigenvalue weighted by Gasteiger charge is 2.16. The van der Waals surface area contributed by atoms with Crippen LogP contribution in [-0.4, -0.2) is 5.11 Å². The fourth-order valence-corrected chi connectivity index (χ4v) is 2.98. The van der Waals surface area contributed by atoms with E-state index in [1.54, 1.807) is 12.1 Å². The van der Waals surface area contributed by atoms with Crippen LogP contribution < -0.4 is 10.9 Å². The maximum atomic E-state index is 11.8. The largest absolute Gasteiger partial charge is 0.508 e. The molecule has 4 heteroatoms. The summed E-state index contributed by atoms with van der Waals surface area (Å²) < 4.78 is 5.18. The van der Waals surface area contributed by atoms with Crippen molar-refractivity contribution in [3.8, 4) is 5.75 Å². The van der Waals surface area contributed by atoms with Crippen molar-refractivity contribution in [2.75, 3.05) is 0 Å². The molecule has 1 atom stereocenters. The molecule has 1 aromatic heterocycles. The summed E-state index contributed by atoms with van der Waals surface area (Å²) in [6.45, 7) is 4.88. The molecule has 124 valence electrons. The minimum Gasteiger partial charge on any atom is -0.508 e. The van der Waals surface area contributed by atoms with Gasteiger partial charge in [-0.1, -0.05) is 44.2 Å². The zero-order chi connectivity index (χ0) is 17.1. The van der Waals surface area contributed by atoms with Gasteiger partial charge in [0.15, 0.2) is 0 Å². The first-order valence-electron chi connectivity index (χ1n) is 8.08. The quantitative estimate of drug-likeness (QED) is 0.697. The van der Waals surface area contributed by atoms with E-state index >= 15 is 0 Å². The molecule has 0 radical (unpaired) electrons. The highest BCUT2D eigenvalue weighted by Crippen LogP contribution is 2.25. The lowest BCUT2D eigenvalue weighted by molar-refractivity contribution is 0.410. The molecule has 0 spiro atoms. The van der Waals surface area contributed by atoms with Crippen LogP contribution in [0.25, 0.3) is 11.0 Å². The molecule has 3 aromatic rings. The Balaban J connectivity index is 1.90. The van der Waals surface area contributed by atoms with E-state index in [1.807, 2.05) is 18.2 Å². The Morgan fingerprint density at radius 2 is 1.83 bits per heavy atom. The van der Waals surface area contributed by atoms with Crippen LogP contribution in [0.15, 0.2) is 63.8 Å². The van der Waals surface area contributed by atoms with Gasteiger partial charge in [-0.2, -0.15) is 0 Å². The fraction of sp³-hybridized carbons (Fsp3) is 0.250. The molecule has 0 fully saturated rings. The molecule has 0 saturated carbocycles. The average Bonchev–Trinajstić information content (AvgIpc) is 2.55. The number of phenols is 1. The van der Waals surface area contributed by atoms with Gasteiger partial charge in [-0.15, -0.1) is 0 Å². The summed E-state index contributed by atoms with van der Waals surface area (Å²) in [6, 6.07) is 16.8. The van der Waals surface area contributed by atoms with Gasteiger partial charge in [0.2, 0.25) is 0 Å². The first kappa shape index (κ1) is 16.3. The van der Waals surface area contributed by atoms with E-state index < -0.39 is 5.63 Å². The number of phenolic OH excluding ortho intramolecular Hbond substituents is 1. The SMILES string of the molecule is CC(C)[C@@H](NCc1cc(=O)oc2cc(O)ccc12)c1ccccc1. The number of benzene rings is 2. The molecule has 2 N–H and O–H groups in total. The predicted molar refractivity (Wildman–Crippen MR) is 95.0 cm³/mol. The van der Waals surface area contributed by atoms with Crippen molar-refractivity contribution in [1.82, 2.24) is 5.32 Å². The summed E-state index contributed by atoms with van der Waals surface area (Å²) in [6.07, 6.45) is 0. The summed E-state index contributed by atoms with van der Waals surface area (Å²) in [4.78, 5) is 11.8. The van der Waals surface area contributed by atoms with Crippen molar-refractivity contribution >= 4 is 11.0 Å². The number of nitrogens with one attached hydrogen (secondary N) is 1. The van der Waals surface area contributed by atoms with Crippen LogP contribution in [0.5, 0.6) is 5.75 Å². The van der Waals surface area contributed by atoms with Gasteiger partial charge in [-0.25, -0.2) is 4.79 Å². The average molecular weight is 323 g/mol. The van der Waals surface area contributed by atoms with E-state index in [2.05, 4.69) is 31.3 Å². The third-order valence-corrected chi connectivity index (χ3v) is 4.15. The Labute approximate surface area is 140 Å². The molecule has 1 heterocycles. The molecule has 0 aliphatic heterocycles. The number of fused-ring (bicyclic) bond motifs is 1. The molecule has 2 aromatic carbocycles. The maximum absolute atomic E-state index is 11.8. The minimum absolute atomic E-state index is 0.0834. The van der Waals surface area contributed by atoms with E-state index in [1.165, 1.54) is 17.7 Å². The second-order valence-corrected chi connectivity index (χ2v) is 6.28. The summed E-state index contributed by atoms with van der Waals surface area (Å²) in [5.41, 5.74) is 2.08. The molecular weight excluding hydrogens is 302 g/mol. The zero-order valence-electron chi connectivity index (χ0n) is 13.8. The lowest BCUT2D eigenvalue weighted by Gasteiger charge is -2.23. The van der Waals surface area contributed by atoms with Crippen LogP contribution in [-0.2, 0) is 6.54 Å². The molecule has 0 bridgehead atoms. The van der Waals surface area contributed by atoms with Crippen LogP contribution in [0.1, 0.15) is 31.0 Å². The van der Waals surface area contributed by atoms with Crippen LogP contribution in [0.2, 0.25) is 0 Å². The van der Waals surface area contributed by atoms with Gasteiger partial charge in [0, 0.05) is 30.1 Å². The summed E-state index contributed by atoms with van der Waals surface area (Å²) in [7, 11) is 0. The van der Waals surface area contributed by atoms with Crippen molar-refractivity contribution in [3.63, 3.8) is 0 Å². The van der Waals surface area contributed by atoms with Gasteiger partial charge >= 0.3 is 5.63 Å². The highest BCUT2D eigenvalue weighted by molar-refractivity contribution is 5.81. The molecule has 0 aliphatic rings. The fourth-order valence-electron chi connectivity index (χ4n) is 2.98. The Kier molecular flexibility index (Phi) is 4.67. The Bertz CT molecular complexity index is 884. The van der Waals surface area contributed by atoms with Crippen molar-refractivity contribution in [2.45, 2.75) is 26.4 Å². The van der Waals surface area contributed by atoms with Crippen LogP contribution >= 0.6 is 0 Å². The van der Waals surface area contributed by atoms with Gasteiger partial charge in [-0.3, -0.25) is 0 Å². The van der Waals surface area contributed by atoms with Crippen molar-refractivity contribution in [3.05, 3.63) is 76.1 Å². The molecule has 4 nitrogen and oxygen atoms in total. The van der Waals surface area contributed by atoms with E-state index in [0.29, 0.717) is 18.0 Å². The number of aromatic hydroxyl groups is 1. The molecule has 0 aliphatic carbocycles. The van der Waals surface area contributed by atoms with Gasteiger partial charge in [0.25, 0.3) is 0 Å². The lowest BCUT2D eigenvalue weighted by Crippen LogP contribution is -2.25. The predicted octanol–water partition coefficient (Wildman–Crippen LogP) is 3.99. The number of hydrogen-bond acceptors (Lipinski definition) is 4. The van der Waals surface area contributed by atoms with Crippen molar-refractivity contribution in [1.29, 1.82) is 0 Å². The summed E-state index contributed by atoms with van der Waals surface area (Å²) >= 11 is 0. The van der Waals surface area contributed by atoms with E-state index in [-0.39, 0.29) is 11.8 Å². The van der Waals surface area contributed by atoms with Gasteiger partial charge in [0.1, 0.15) is 11.3 Å². The normalized spacial score (nSPS) is 12.6. The van der Waals surface area contributed by atoms with Gasteiger partial charge < -0.3 is 14.8 Å². The summed E-state index contributed by atoms with van der Waals surface area (Å²) in [5, 5.41) is 13.9. The van der Waals surface area contributed by atoms with Crippen LogP contribution in [0.3, 0.4) is 0 Å². The Hall–Kier alpha value is -2.59. The number of rotatable bonds is 5. The van der Waals surface area contributed by atoms with E-state index in [4.69, 9.17) is 4.42 Å². The molecular formula is C20H21NO3. The van der Waals surface area contributed by atoms with Crippen LogP contribution in [0, 0.1) is 5.92 Å². The smallest absolute Gasteiger partial charge is 0.336 e. The Morgan fingerprint density at radius 3 is 2.54 bits per heavy atom. The second-order valence-electron chi connectivity index (χ2n) is 6.28. The third-order valence-electron chi connectivity index (χ3n) is 4.15. The van der Waals surface area contributed by atoms with E-state index in [0.717, 1.165) is 10.9 Å². The van der Waals surface area contributed by atoms with E-state index in [9.17, 15) is 9.90 Å². The maximum Gasteiger partial charge on any atom is 0.336 e. The second kappa shape index (κ2) is 6.89. The summed E-state index contributed by atoms with van der Waals surface area (Å²) in [5.74, 6) is 0.489. The molecule has 24 heavy (non-hydrogen) atoms. The highest BCUT2D eigenvalue weighted by atomic mass is 16.4. The van der Waals surface area contributed by atoms with Gasteiger partial charge in [0.05, 0.1) is 0 Å². The van der Waals surface area contributed by atoms with Gasteiger partial charge in [-0.05, 0) is 29.2 Å². The number of hydrogen-bond donors (Lipinski definition) is 2. The molecule has 3 rings (SSSR count). The van der Waals surface area contributed by atoms with Crippen molar-refractivity contribution < 1.29 is 9.52 Å². The monoisotopic (exact) mass is 323 g/mol.